The van der Waals surface area contributed by atoms with Crippen LogP contribution in [0.5, 0.6) is 5.75 Å². The molecule has 0 bridgehead atoms. The van der Waals surface area contributed by atoms with Crippen molar-refractivity contribution in [3.8, 4) is 16.9 Å². The number of rotatable bonds is 1. The van der Waals surface area contributed by atoms with Gasteiger partial charge in [0.15, 0.2) is 0 Å². The Balaban J connectivity index is 1.81. The van der Waals surface area contributed by atoms with Crippen LogP contribution in [0.3, 0.4) is 0 Å². The summed E-state index contributed by atoms with van der Waals surface area (Å²) in [4.78, 5) is 17.0. The van der Waals surface area contributed by atoms with Crippen molar-refractivity contribution in [2.45, 2.75) is 6.92 Å². The first-order chi connectivity index (χ1) is 13.1. The summed E-state index contributed by atoms with van der Waals surface area (Å²) in [7, 11) is 0. The molecule has 0 spiro atoms. The fourth-order valence-corrected chi connectivity index (χ4v) is 3.54. The third-order valence-electron chi connectivity index (χ3n) is 4.91. The molecular formula is C23H15NO3. The normalized spacial score (nSPS) is 11.4. The molecule has 3 aromatic carbocycles. The van der Waals surface area contributed by atoms with E-state index >= 15 is 0 Å². The molecular weight excluding hydrogens is 338 g/mol. The van der Waals surface area contributed by atoms with Crippen LogP contribution in [0.2, 0.25) is 0 Å². The van der Waals surface area contributed by atoms with E-state index in [-0.39, 0.29) is 5.75 Å². The molecule has 0 amide bonds. The molecule has 0 saturated heterocycles. The minimum absolute atomic E-state index is 0.176. The first-order valence-electron chi connectivity index (χ1n) is 8.66. The van der Waals surface area contributed by atoms with Crippen molar-refractivity contribution in [1.82, 2.24) is 4.98 Å². The largest absolute Gasteiger partial charge is 0.507 e. The maximum absolute atomic E-state index is 12.5. The van der Waals surface area contributed by atoms with Crippen LogP contribution in [0.15, 0.2) is 76.1 Å². The Morgan fingerprint density at radius 2 is 1.78 bits per heavy atom. The minimum Gasteiger partial charge on any atom is -0.507 e. The van der Waals surface area contributed by atoms with Crippen molar-refractivity contribution in [3.05, 3.63) is 82.8 Å². The van der Waals surface area contributed by atoms with E-state index in [9.17, 15) is 9.90 Å². The summed E-state index contributed by atoms with van der Waals surface area (Å²) in [5, 5.41) is 13.6. The SMILES string of the molecule is Cc1ccc2oc(=O)c3cc(-c4ccc5ccccc5c4O)cnc3c2c1. The standard InChI is InChI=1S/C23H15NO3/c1-13-6-9-20-18(10-13)21-19(23(26)27-20)11-15(12-24-21)17-8-7-14-4-2-3-5-16(14)22(17)25/h2-12,25H,1H3. The Labute approximate surface area is 154 Å². The fourth-order valence-electron chi connectivity index (χ4n) is 3.54. The molecule has 4 nitrogen and oxygen atoms in total. The summed E-state index contributed by atoms with van der Waals surface area (Å²) in [5.74, 6) is 0.176. The van der Waals surface area contributed by atoms with E-state index in [1.165, 1.54) is 0 Å². The molecule has 27 heavy (non-hydrogen) atoms. The minimum atomic E-state index is -0.434. The number of fused-ring (bicyclic) bond motifs is 4. The van der Waals surface area contributed by atoms with Gasteiger partial charge in [-0.05, 0) is 36.6 Å². The molecule has 5 rings (SSSR count). The molecule has 5 aromatic rings. The van der Waals surface area contributed by atoms with Crippen molar-refractivity contribution >= 4 is 32.6 Å². The van der Waals surface area contributed by atoms with E-state index < -0.39 is 5.63 Å². The number of hydrogen-bond donors (Lipinski definition) is 1. The Kier molecular flexibility index (Phi) is 3.28. The summed E-state index contributed by atoms with van der Waals surface area (Å²) in [5.41, 5.74) is 3.06. The Hall–Kier alpha value is -3.66. The number of phenolic OH excluding ortho intramolecular Hbond substituents is 1. The van der Waals surface area contributed by atoms with Gasteiger partial charge in [0.05, 0.1) is 10.9 Å². The Morgan fingerprint density at radius 3 is 2.67 bits per heavy atom. The van der Waals surface area contributed by atoms with E-state index in [4.69, 9.17) is 4.42 Å². The first-order valence-corrected chi connectivity index (χ1v) is 8.66. The van der Waals surface area contributed by atoms with Gasteiger partial charge in [0, 0.05) is 28.1 Å². The Bertz CT molecular complexity index is 1420. The predicted octanol–water partition coefficient (Wildman–Crippen LogP) is 5.18. The average Bonchev–Trinajstić information content (AvgIpc) is 2.69. The molecule has 0 aliphatic heterocycles. The van der Waals surface area contributed by atoms with Gasteiger partial charge in [-0.2, -0.15) is 0 Å². The highest BCUT2D eigenvalue weighted by molar-refractivity contribution is 6.03. The van der Waals surface area contributed by atoms with Gasteiger partial charge in [-0.3, -0.25) is 4.98 Å². The second-order valence-corrected chi connectivity index (χ2v) is 6.69. The van der Waals surface area contributed by atoms with Crippen LogP contribution in [0, 0.1) is 6.92 Å². The van der Waals surface area contributed by atoms with Crippen LogP contribution in [0.25, 0.3) is 43.8 Å². The molecule has 0 atom stereocenters. The molecule has 0 fully saturated rings. The fraction of sp³-hybridized carbons (Fsp3) is 0.0435. The number of nitrogens with zero attached hydrogens (tertiary/aromatic N) is 1. The van der Waals surface area contributed by atoms with Gasteiger partial charge in [0.1, 0.15) is 11.3 Å². The average molecular weight is 353 g/mol. The zero-order valence-corrected chi connectivity index (χ0v) is 14.6. The number of hydrogen-bond acceptors (Lipinski definition) is 4. The first kappa shape index (κ1) is 15.6. The lowest BCUT2D eigenvalue weighted by atomic mass is 9.99. The third kappa shape index (κ3) is 2.38. The zero-order valence-electron chi connectivity index (χ0n) is 14.6. The van der Waals surface area contributed by atoms with E-state index in [1.807, 2.05) is 55.5 Å². The number of aryl methyl sites for hydroxylation is 1. The number of aromatic nitrogens is 1. The lowest BCUT2D eigenvalue weighted by Gasteiger charge is -2.09. The summed E-state index contributed by atoms with van der Waals surface area (Å²) < 4.78 is 5.46. The highest BCUT2D eigenvalue weighted by Crippen LogP contribution is 2.36. The highest BCUT2D eigenvalue weighted by atomic mass is 16.4. The van der Waals surface area contributed by atoms with Crippen molar-refractivity contribution in [3.63, 3.8) is 0 Å². The number of pyridine rings is 1. The molecule has 130 valence electrons. The monoisotopic (exact) mass is 353 g/mol. The predicted molar refractivity (Wildman–Crippen MR) is 107 cm³/mol. The lowest BCUT2D eigenvalue weighted by Crippen LogP contribution is -2.01. The zero-order chi connectivity index (χ0) is 18.5. The van der Waals surface area contributed by atoms with Crippen LogP contribution in [0.4, 0.5) is 0 Å². The summed E-state index contributed by atoms with van der Waals surface area (Å²) >= 11 is 0. The van der Waals surface area contributed by atoms with Gasteiger partial charge in [-0.25, -0.2) is 4.79 Å². The molecule has 0 aliphatic carbocycles. The maximum atomic E-state index is 12.5. The van der Waals surface area contributed by atoms with Crippen molar-refractivity contribution in [2.24, 2.45) is 0 Å². The lowest BCUT2D eigenvalue weighted by molar-refractivity contribution is 0.483. The van der Waals surface area contributed by atoms with E-state index in [2.05, 4.69) is 4.98 Å². The van der Waals surface area contributed by atoms with Crippen LogP contribution in [-0.4, -0.2) is 10.1 Å². The van der Waals surface area contributed by atoms with Crippen LogP contribution in [0.1, 0.15) is 5.56 Å². The highest BCUT2D eigenvalue weighted by Gasteiger charge is 2.13. The molecule has 4 heteroatoms. The summed E-state index contributed by atoms with van der Waals surface area (Å²) in [6.07, 6.45) is 1.69. The van der Waals surface area contributed by atoms with Crippen molar-refractivity contribution in [2.75, 3.05) is 0 Å². The van der Waals surface area contributed by atoms with Gasteiger partial charge in [0.2, 0.25) is 0 Å². The van der Waals surface area contributed by atoms with Crippen LogP contribution < -0.4 is 5.63 Å². The van der Waals surface area contributed by atoms with Gasteiger partial charge < -0.3 is 9.52 Å². The molecule has 0 unspecified atom stereocenters. The van der Waals surface area contributed by atoms with Gasteiger partial charge >= 0.3 is 5.63 Å². The van der Waals surface area contributed by atoms with Crippen molar-refractivity contribution in [1.29, 1.82) is 0 Å². The molecule has 0 saturated carbocycles. The number of aromatic hydroxyl groups is 1. The summed E-state index contributed by atoms with van der Waals surface area (Å²) in [6.45, 7) is 1.98. The second-order valence-electron chi connectivity index (χ2n) is 6.69. The smallest absolute Gasteiger partial charge is 0.345 e. The number of benzene rings is 3. The quantitative estimate of drug-likeness (QED) is 0.333. The van der Waals surface area contributed by atoms with Gasteiger partial charge in [-0.15, -0.1) is 0 Å². The maximum Gasteiger partial charge on any atom is 0.345 e. The number of phenols is 1. The van der Waals surface area contributed by atoms with Gasteiger partial charge in [-0.1, -0.05) is 42.0 Å². The topological polar surface area (TPSA) is 63.3 Å². The van der Waals surface area contributed by atoms with E-state index in [0.717, 1.165) is 21.7 Å². The third-order valence-corrected chi connectivity index (χ3v) is 4.91. The van der Waals surface area contributed by atoms with E-state index in [0.29, 0.717) is 27.6 Å². The van der Waals surface area contributed by atoms with E-state index in [1.54, 1.807) is 18.3 Å². The molecule has 1 N–H and O–H groups in total. The van der Waals surface area contributed by atoms with Crippen LogP contribution in [-0.2, 0) is 0 Å². The van der Waals surface area contributed by atoms with Crippen LogP contribution >= 0.6 is 0 Å². The Morgan fingerprint density at radius 1 is 0.926 bits per heavy atom. The van der Waals surface area contributed by atoms with Crippen molar-refractivity contribution < 1.29 is 9.52 Å². The second kappa shape index (κ2) is 5.68. The molecule has 0 radical (unpaired) electrons. The molecule has 2 aromatic heterocycles. The van der Waals surface area contributed by atoms with Gasteiger partial charge in [0.25, 0.3) is 0 Å². The molecule has 0 aliphatic rings. The summed E-state index contributed by atoms with van der Waals surface area (Å²) in [6, 6.07) is 18.8. The molecule has 2 heterocycles.